The maximum atomic E-state index is 8.20. The van der Waals surface area contributed by atoms with Crippen molar-refractivity contribution in [2.75, 3.05) is 18.4 Å². The van der Waals surface area contributed by atoms with Gasteiger partial charge >= 0.3 is 0 Å². The fourth-order valence-electron chi connectivity index (χ4n) is 3.42. The lowest BCUT2D eigenvalue weighted by Crippen LogP contribution is -2.04. The smallest absolute Gasteiger partial charge is 0.222 e. The molecule has 0 spiro atoms. The lowest BCUT2D eigenvalue weighted by atomic mass is 10.0. The standard InChI is InChI=1S/C22H40N6/c23-28-27-21-16-14-12-10-8-6-4-2-1-3-5-7-9-11-13-15-18-24-22-25-19-17-20-26-22/h17,19-20H,1-16,18,21H2,(H,24,25,26). The van der Waals surface area contributed by atoms with Gasteiger partial charge in [0.25, 0.3) is 0 Å². The first-order chi connectivity index (χ1) is 13.9. The van der Waals surface area contributed by atoms with Gasteiger partial charge in [-0.1, -0.05) is 95.0 Å². The van der Waals surface area contributed by atoms with Crippen molar-refractivity contribution in [3.05, 3.63) is 28.9 Å². The van der Waals surface area contributed by atoms with Gasteiger partial charge in [0.2, 0.25) is 5.95 Å². The first kappa shape index (κ1) is 24.2. The Morgan fingerprint density at radius 2 is 1.11 bits per heavy atom. The number of anilines is 1. The number of hydrogen-bond acceptors (Lipinski definition) is 4. The molecule has 0 fully saturated rings. The van der Waals surface area contributed by atoms with Crippen LogP contribution >= 0.6 is 0 Å². The van der Waals surface area contributed by atoms with Crippen molar-refractivity contribution in [2.24, 2.45) is 5.11 Å². The predicted molar refractivity (Wildman–Crippen MR) is 118 cm³/mol. The Kier molecular flexibility index (Phi) is 17.3. The van der Waals surface area contributed by atoms with Gasteiger partial charge in [0, 0.05) is 30.4 Å². The lowest BCUT2D eigenvalue weighted by molar-refractivity contribution is 0.529. The van der Waals surface area contributed by atoms with E-state index >= 15 is 0 Å². The minimum absolute atomic E-state index is 0.664. The van der Waals surface area contributed by atoms with Gasteiger partial charge in [0.1, 0.15) is 0 Å². The summed E-state index contributed by atoms with van der Waals surface area (Å²) in [5, 5.41) is 6.83. The summed E-state index contributed by atoms with van der Waals surface area (Å²) in [6.07, 6.45) is 24.8. The summed E-state index contributed by atoms with van der Waals surface area (Å²) >= 11 is 0. The molecule has 1 N–H and O–H groups in total. The van der Waals surface area contributed by atoms with Crippen LogP contribution in [0.2, 0.25) is 0 Å². The van der Waals surface area contributed by atoms with Crippen molar-refractivity contribution in [1.82, 2.24) is 9.97 Å². The molecule has 28 heavy (non-hydrogen) atoms. The van der Waals surface area contributed by atoms with Crippen LogP contribution < -0.4 is 5.32 Å². The highest BCUT2D eigenvalue weighted by atomic mass is 15.1. The number of aromatic nitrogens is 2. The molecule has 0 aromatic carbocycles. The zero-order valence-corrected chi connectivity index (χ0v) is 17.7. The maximum Gasteiger partial charge on any atom is 0.222 e. The minimum Gasteiger partial charge on any atom is -0.354 e. The Morgan fingerprint density at radius 3 is 1.57 bits per heavy atom. The third kappa shape index (κ3) is 16.4. The van der Waals surface area contributed by atoms with Crippen LogP contribution in [0.4, 0.5) is 5.95 Å². The second kappa shape index (κ2) is 19.9. The van der Waals surface area contributed by atoms with E-state index in [2.05, 4.69) is 25.3 Å². The topological polar surface area (TPSA) is 86.6 Å². The highest BCUT2D eigenvalue weighted by molar-refractivity contribution is 5.21. The summed E-state index contributed by atoms with van der Waals surface area (Å²) in [6, 6.07) is 1.84. The summed E-state index contributed by atoms with van der Waals surface area (Å²) in [5.74, 6) is 0.740. The maximum absolute atomic E-state index is 8.20. The van der Waals surface area contributed by atoms with Crippen LogP contribution in [0.5, 0.6) is 0 Å². The van der Waals surface area contributed by atoms with E-state index in [1.165, 1.54) is 96.3 Å². The summed E-state index contributed by atoms with van der Waals surface area (Å²) < 4.78 is 0. The molecule has 0 unspecified atom stereocenters. The molecule has 0 amide bonds. The predicted octanol–water partition coefficient (Wildman–Crippen LogP) is 7.44. The molecule has 1 aromatic heterocycles. The second-order valence-electron chi connectivity index (χ2n) is 7.61. The Hall–Kier alpha value is -1.81. The molecule has 6 nitrogen and oxygen atoms in total. The molecule has 158 valence electrons. The fraction of sp³-hybridized carbons (Fsp3) is 0.818. The van der Waals surface area contributed by atoms with Gasteiger partial charge in [0.15, 0.2) is 0 Å². The SMILES string of the molecule is [N-]=[N+]=NCCCCCCCCCCCCCCCCCCNc1ncccn1. The van der Waals surface area contributed by atoms with E-state index in [9.17, 15) is 0 Å². The number of rotatable bonds is 20. The van der Waals surface area contributed by atoms with Crippen LogP contribution in [0.1, 0.15) is 103 Å². The number of hydrogen-bond donors (Lipinski definition) is 1. The third-order valence-electron chi connectivity index (χ3n) is 5.10. The Morgan fingerprint density at radius 1 is 0.679 bits per heavy atom. The normalized spacial score (nSPS) is 10.6. The third-order valence-corrected chi connectivity index (χ3v) is 5.10. The van der Waals surface area contributed by atoms with Crippen molar-refractivity contribution in [3.63, 3.8) is 0 Å². The van der Waals surface area contributed by atoms with Crippen LogP contribution in [0.25, 0.3) is 10.4 Å². The summed E-state index contributed by atoms with van der Waals surface area (Å²) in [5.41, 5.74) is 8.20. The molecule has 1 aromatic rings. The fourth-order valence-corrected chi connectivity index (χ4v) is 3.42. The molecule has 0 saturated heterocycles. The van der Waals surface area contributed by atoms with Gasteiger partial charge in [-0.25, -0.2) is 9.97 Å². The van der Waals surface area contributed by atoms with E-state index in [-0.39, 0.29) is 0 Å². The van der Waals surface area contributed by atoms with Crippen LogP contribution in [-0.4, -0.2) is 23.1 Å². The first-order valence-corrected chi connectivity index (χ1v) is 11.5. The van der Waals surface area contributed by atoms with Gasteiger partial charge < -0.3 is 5.32 Å². The average molecular weight is 389 g/mol. The van der Waals surface area contributed by atoms with Crippen LogP contribution in [0.15, 0.2) is 23.6 Å². The molecule has 0 saturated carbocycles. The van der Waals surface area contributed by atoms with E-state index < -0.39 is 0 Å². The highest BCUT2D eigenvalue weighted by Gasteiger charge is 1.96. The molecule has 0 bridgehead atoms. The zero-order chi connectivity index (χ0) is 20.0. The van der Waals surface area contributed by atoms with Crippen molar-refractivity contribution in [2.45, 2.75) is 103 Å². The average Bonchev–Trinajstić information content (AvgIpc) is 2.73. The van der Waals surface area contributed by atoms with E-state index in [4.69, 9.17) is 5.53 Å². The van der Waals surface area contributed by atoms with Crippen LogP contribution in [-0.2, 0) is 0 Å². The Labute approximate surface area is 171 Å². The van der Waals surface area contributed by atoms with Gasteiger partial charge in [-0.05, 0) is 24.4 Å². The lowest BCUT2D eigenvalue weighted by Gasteiger charge is -2.05. The van der Waals surface area contributed by atoms with E-state index in [0.717, 1.165) is 18.9 Å². The monoisotopic (exact) mass is 388 g/mol. The highest BCUT2D eigenvalue weighted by Crippen LogP contribution is 2.13. The molecule has 6 heteroatoms. The van der Waals surface area contributed by atoms with Crippen molar-refractivity contribution in [1.29, 1.82) is 0 Å². The molecule has 1 heterocycles. The Balaban J connectivity index is 1.68. The van der Waals surface area contributed by atoms with Crippen molar-refractivity contribution in [3.8, 4) is 0 Å². The summed E-state index contributed by atoms with van der Waals surface area (Å²) in [6.45, 7) is 1.64. The summed E-state index contributed by atoms with van der Waals surface area (Å²) in [7, 11) is 0. The van der Waals surface area contributed by atoms with Gasteiger partial charge in [-0.3, -0.25) is 0 Å². The van der Waals surface area contributed by atoms with Gasteiger partial charge in [-0.2, -0.15) is 0 Å². The van der Waals surface area contributed by atoms with E-state index in [1.807, 2.05) is 6.07 Å². The van der Waals surface area contributed by atoms with E-state index in [1.54, 1.807) is 12.4 Å². The van der Waals surface area contributed by atoms with Crippen LogP contribution in [0.3, 0.4) is 0 Å². The minimum atomic E-state index is 0.664. The van der Waals surface area contributed by atoms with Crippen LogP contribution in [0, 0.1) is 0 Å². The number of unbranched alkanes of at least 4 members (excludes halogenated alkanes) is 15. The number of nitrogens with one attached hydrogen (secondary N) is 1. The van der Waals surface area contributed by atoms with Crippen molar-refractivity contribution >= 4 is 5.95 Å². The summed E-state index contributed by atoms with van der Waals surface area (Å²) in [4.78, 5) is 11.1. The largest absolute Gasteiger partial charge is 0.354 e. The molecule has 0 aliphatic carbocycles. The molecular formula is C22H40N6. The first-order valence-electron chi connectivity index (χ1n) is 11.5. The molecule has 1 rings (SSSR count). The number of nitrogens with zero attached hydrogens (tertiary/aromatic N) is 5. The molecule has 0 aliphatic rings. The molecule has 0 atom stereocenters. The second-order valence-corrected chi connectivity index (χ2v) is 7.61. The van der Waals surface area contributed by atoms with Crippen molar-refractivity contribution < 1.29 is 0 Å². The molecule has 0 radical (unpaired) electrons. The van der Waals surface area contributed by atoms with Gasteiger partial charge in [-0.15, -0.1) is 0 Å². The zero-order valence-electron chi connectivity index (χ0n) is 17.7. The number of azide groups is 1. The Bertz CT molecular complexity index is 487. The molecule has 0 aliphatic heterocycles. The van der Waals surface area contributed by atoms with Gasteiger partial charge in [0.05, 0.1) is 0 Å². The quantitative estimate of drug-likeness (QED) is 0.109. The van der Waals surface area contributed by atoms with E-state index in [0.29, 0.717) is 6.54 Å². The molecular weight excluding hydrogens is 348 g/mol.